The molecule has 4 aromatic rings. The summed E-state index contributed by atoms with van der Waals surface area (Å²) < 4.78 is 20.0. The average Bonchev–Trinajstić information content (AvgIpc) is 2.91. The van der Waals surface area contributed by atoms with Crippen molar-refractivity contribution in [1.29, 1.82) is 0 Å². The van der Waals surface area contributed by atoms with Gasteiger partial charge in [-0.1, -0.05) is 78.9 Å². The minimum Gasteiger partial charge on any atom is -0.369 e. The van der Waals surface area contributed by atoms with Gasteiger partial charge in [0.15, 0.2) is 5.78 Å². The molecule has 0 amide bonds. The van der Waals surface area contributed by atoms with Crippen molar-refractivity contribution in [1.82, 2.24) is 4.90 Å². The van der Waals surface area contributed by atoms with Gasteiger partial charge < -0.3 is 4.74 Å². The van der Waals surface area contributed by atoms with E-state index in [1.54, 1.807) is 0 Å². The van der Waals surface area contributed by atoms with Gasteiger partial charge in [0.05, 0.1) is 19.3 Å². The maximum atomic E-state index is 13.6. The molecule has 0 N–H and O–H groups in total. The van der Waals surface area contributed by atoms with Crippen LogP contribution in [0.1, 0.15) is 40.4 Å². The van der Waals surface area contributed by atoms with Gasteiger partial charge in [0, 0.05) is 5.56 Å². The maximum absolute atomic E-state index is 13.6. The fourth-order valence-corrected chi connectivity index (χ4v) is 4.99. The molecule has 0 saturated carbocycles. The fourth-order valence-electron chi connectivity index (χ4n) is 4.99. The zero-order valence-corrected chi connectivity index (χ0v) is 21.0. The molecule has 1 fully saturated rings. The monoisotopic (exact) mass is 503 g/mol. The number of likely N-dealkylation sites (tertiary alicyclic amines) is 1. The quantitative estimate of drug-likeness (QED) is 0.237. The number of halogens is 2. The SMILES string of the molecule is Cl.O=C(CN1CCC(C(OCc2ccccc2)c2ccc(F)cc2)CC1)c1ccc2ccccc2c1. The maximum Gasteiger partial charge on any atom is 0.176 e. The summed E-state index contributed by atoms with van der Waals surface area (Å²) in [6.45, 7) is 2.63. The number of ether oxygens (including phenoxy) is 1. The van der Waals surface area contributed by atoms with E-state index in [-0.39, 0.29) is 30.1 Å². The normalized spacial score (nSPS) is 15.4. The Bertz CT molecular complexity index is 1270. The summed E-state index contributed by atoms with van der Waals surface area (Å²) in [4.78, 5) is 15.2. The molecule has 0 spiro atoms. The van der Waals surface area contributed by atoms with Crippen LogP contribution in [0.3, 0.4) is 0 Å². The first-order valence-corrected chi connectivity index (χ1v) is 12.3. The third-order valence-electron chi connectivity index (χ3n) is 6.97. The van der Waals surface area contributed by atoms with Gasteiger partial charge in [0.1, 0.15) is 5.82 Å². The first-order chi connectivity index (χ1) is 17.2. The van der Waals surface area contributed by atoms with E-state index < -0.39 is 0 Å². The molecule has 1 aliphatic heterocycles. The lowest BCUT2D eigenvalue weighted by Crippen LogP contribution is -2.39. The van der Waals surface area contributed by atoms with Crippen LogP contribution in [0.2, 0.25) is 0 Å². The van der Waals surface area contributed by atoms with Crippen molar-refractivity contribution in [3.8, 4) is 0 Å². The van der Waals surface area contributed by atoms with Crippen LogP contribution in [-0.4, -0.2) is 30.3 Å². The largest absolute Gasteiger partial charge is 0.369 e. The first-order valence-electron chi connectivity index (χ1n) is 12.3. The molecule has 1 saturated heterocycles. The predicted molar refractivity (Wildman–Crippen MR) is 145 cm³/mol. The van der Waals surface area contributed by atoms with Crippen molar-refractivity contribution in [2.45, 2.75) is 25.6 Å². The summed E-state index contributed by atoms with van der Waals surface area (Å²) in [6.07, 6.45) is 1.76. The summed E-state index contributed by atoms with van der Waals surface area (Å²) >= 11 is 0. The molecule has 0 aromatic heterocycles. The number of carbonyl (C=O) groups is 1. The Kier molecular flexibility index (Phi) is 8.87. The van der Waals surface area contributed by atoms with Crippen LogP contribution in [0.25, 0.3) is 10.8 Å². The lowest BCUT2D eigenvalue weighted by atomic mass is 9.87. The summed E-state index contributed by atoms with van der Waals surface area (Å²) in [5, 5.41) is 2.24. The topological polar surface area (TPSA) is 29.5 Å². The molecule has 36 heavy (non-hydrogen) atoms. The Hall–Kier alpha value is -3.05. The van der Waals surface area contributed by atoms with Crippen LogP contribution in [-0.2, 0) is 11.3 Å². The van der Waals surface area contributed by atoms with Gasteiger partial charge in [0.2, 0.25) is 0 Å². The highest BCUT2D eigenvalue weighted by molar-refractivity contribution is 6.01. The number of piperidine rings is 1. The highest BCUT2D eigenvalue weighted by atomic mass is 35.5. The van der Waals surface area contributed by atoms with Gasteiger partial charge in [0.25, 0.3) is 0 Å². The van der Waals surface area contributed by atoms with Crippen molar-refractivity contribution < 1.29 is 13.9 Å². The van der Waals surface area contributed by atoms with E-state index in [0.717, 1.165) is 53.4 Å². The van der Waals surface area contributed by atoms with Crippen molar-refractivity contribution in [2.75, 3.05) is 19.6 Å². The molecule has 0 radical (unpaired) electrons. The molecule has 3 nitrogen and oxygen atoms in total. The van der Waals surface area contributed by atoms with Crippen LogP contribution < -0.4 is 0 Å². The summed E-state index contributed by atoms with van der Waals surface area (Å²) in [6, 6.07) is 30.9. The molecule has 186 valence electrons. The van der Waals surface area contributed by atoms with Gasteiger partial charge in [-0.05, 0) is 71.9 Å². The minimum absolute atomic E-state index is 0. The molecule has 1 unspecified atom stereocenters. The number of nitrogens with zero attached hydrogens (tertiary/aromatic N) is 1. The van der Waals surface area contributed by atoms with E-state index in [1.807, 2.05) is 66.7 Å². The Morgan fingerprint density at radius 2 is 1.53 bits per heavy atom. The van der Waals surface area contributed by atoms with Crippen molar-refractivity contribution in [3.63, 3.8) is 0 Å². The number of carbonyl (C=O) groups excluding carboxylic acids is 1. The Labute approximate surface area is 218 Å². The number of ketones is 1. The van der Waals surface area contributed by atoms with Gasteiger partial charge in [-0.3, -0.25) is 9.69 Å². The van der Waals surface area contributed by atoms with Crippen LogP contribution in [0.5, 0.6) is 0 Å². The average molecular weight is 504 g/mol. The molecule has 0 aliphatic carbocycles. The number of benzene rings is 4. The van der Waals surface area contributed by atoms with Crippen molar-refractivity contribution in [2.24, 2.45) is 5.92 Å². The molecule has 4 aromatic carbocycles. The van der Waals surface area contributed by atoms with Gasteiger partial charge >= 0.3 is 0 Å². The second-order valence-electron chi connectivity index (χ2n) is 9.37. The number of Topliss-reactive ketones (excluding diaryl/α,β-unsaturated/α-hetero) is 1. The van der Waals surface area contributed by atoms with Gasteiger partial charge in [-0.25, -0.2) is 4.39 Å². The standard InChI is InChI=1S/C31H30FNO2.ClH/c32-29-14-12-25(13-15-29)31(35-22-23-6-2-1-3-7-23)26-16-18-33(19-17-26)21-30(34)28-11-10-24-8-4-5-9-27(24)20-28;/h1-15,20,26,31H,16-19,21-22H2;1H. The second kappa shape index (κ2) is 12.3. The zero-order chi connectivity index (χ0) is 24.0. The van der Waals surface area contributed by atoms with E-state index in [0.29, 0.717) is 19.1 Å². The van der Waals surface area contributed by atoms with Crippen LogP contribution >= 0.6 is 12.4 Å². The Morgan fingerprint density at radius 1 is 0.861 bits per heavy atom. The number of hydrogen-bond acceptors (Lipinski definition) is 3. The van der Waals surface area contributed by atoms with Crippen LogP contribution in [0.15, 0.2) is 97.1 Å². The van der Waals surface area contributed by atoms with E-state index >= 15 is 0 Å². The third-order valence-corrected chi connectivity index (χ3v) is 6.97. The van der Waals surface area contributed by atoms with Crippen molar-refractivity contribution >= 4 is 29.0 Å². The van der Waals surface area contributed by atoms with Gasteiger partial charge in [-0.15, -0.1) is 12.4 Å². The van der Waals surface area contributed by atoms with E-state index in [2.05, 4.69) is 23.1 Å². The molecule has 5 heteroatoms. The number of fused-ring (bicyclic) bond motifs is 1. The first kappa shape index (κ1) is 26.0. The van der Waals surface area contributed by atoms with E-state index in [1.165, 1.54) is 12.1 Å². The molecular weight excluding hydrogens is 473 g/mol. The van der Waals surface area contributed by atoms with Crippen molar-refractivity contribution in [3.05, 3.63) is 120 Å². The minimum atomic E-state index is -0.238. The zero-order valence-electron chi connectivity index (χ0n) is 20.2. The lowest BCUT2D eigenvalue weighted by Gasteiger charge is -2.36. The Morgan fingerprint density at radius 3 is 2.25 bits per heavy atom. The summed E-state index contributed by atoms with van der Waals surface area (Å²) in [5.74, 6) is 0.235. The smallest absolute Gasteiger partial charge is 0.176 e. The van der Waals surface area contributed by atoms with Gasteiger partial charge in [-0.2, -0.15) is 0 Å². The van der Waals surface area contributed by atoms with E-state index in [9.17, 15) is 9.18 Å². The van der Waals surface area contributed by atoms with E-state index in [4.69, 9.17) is 4.74 Å². The molecule has 5 rings (SSSR count). The third kappa shape index (κ3) is 6.38. The summed E-state index contributed by atoms with van der Waals surface area (Å²) in [5.41, 5.74) is 2.90. The van der Waals surface area contributed by atoms with Crippen LogP contribution in [0, 0.1) is 11.7 Å². The lowest BCUT2D eigenvalue weighted by molar-refractivity contribution is -0.0208. The molecule has 1 heterocycles. The molecule has 1 aliphatic rings. The highest BCUT2D eigenvalue weighted by Gasteiger charge is 2.29. The number of hydrogen-bond donors (Lipinski definition) is 0. The molecular formula is C31H31ClFNO2. The molecule has 1 atom stereocenters. The summed E-state index contributed by atoms with van der Waals surface area (Å²) in [7, 11) is 0. The fraction of sp³-hybridized carbons (Fsp3) is 0.258. The highest BCUT2D eigenvalue weighted by Crippen LogP contribution is 2.35. The molecule has 0 bridgehead atoms. The number of rotatable bonds is 8. The van der Waals surface area contributed by atoms with Crippen LogP contribution in [0.4, 0.5) is 4.39 Å². The predicted octanol–water partition coefficient (Wildman–Crippen LogP) is 7.25. The Balaban J connectivity index is 0.00000304. The second-order valence-corrected chi connectivity index (χ2v) is 9.37.